The van der Waals surface area contributed by atoms with E-state index in [1.165, 1.54) is 12.1 Å². The Hall–Kier alpha value is -3.93. The predicted molar refractivity (Wildman–Crippen MR) is 113 cm³/mol. The second-order valence-electron chi connectivity index (χ2n) is 6.64. The lowest BCUT2D eigenvalue weighted by Gasteiger charge is -2.05. The van der Waals surface area contributed by atoms with E-state index in [2.05, 4.69) is 15.1 Å². The first kappa shape index (κ1) is 18.4. The minimum atomic E-state index is -0.366. The van der Waals surface area contributed by atoms with Gasteiger partial charge in [0.2, 0.25) is 0 Å². The highest BCUT2D eigenvalue weighted by atomic mass is 19.1. The molecule has 29 heavy (non-hydrogen) atoms. The van der Waals surface area contributed by atoms with E-state index in [0.29, 0.717) is 17.8 Å². The standard InChI is InChI=1S/C23H19FN4O/c24-18-11-9-16(10-12-18)14-28-15-17(19-5-2-4-8-22(19)28)13-26-27-23(29)20-6-1-3-7-21(20)25/h1-13,15H,14,25H2,(H,27,29)/b26-13-. The van der Waals surface area contributed by atoms with Gasteiger partial charge in [-0.25, -0.2) is 9.82 Å². The summed E-state index contributed by atoms with van der Waals surface area (Å²) >= 11 is 0. The molecule has 6 heteroatoms. The van der Waals surface area contributed by atoms with Crippen LogP contribution >= 0.6 is 0 Å². The number of nitrogens with one attached hydrogen (secondary N) is 1. The fourth-order valence-electron chi connectivity index (χ4n) is 3.22. The predicted octanol–water partition coefficient (Wildman–Crippen LogP) is 4.17. The average Bonchev–Trinajstić information content (AvgIpc) is 3.08. The molecule has 1 aromatic heterocycles. The number of para-hydroxylation sites is 2. The topological polar surface area (TPSA) is 72.4 Å². The van der Waals surface area contributed by atoms with Crippen molar-refractivity contribution in [2.75, 3.05) is 5.73 Å². The molecule has 0 unspecified atom stereocenters. The Morgan fingerprint density at radius 3 is 2.55 bits per heavy atom. The van der Waals surface area contributed by atoms with E-state index in [-0.39, 0.29) is 11.7 Å². The summed E-state index contributed by atoms with van der Waals surface area (Å²) in [7, 11) is 0. The Balaban J connectivity index is 1.57. The third kappa shape index (κ3) is 4.01. The summed E-state index contributed by atoms with van der Waals surface area (Å²) in [5, 5.41) is 5.10. The minimum Gasteiger partial charge on any atom is -0.398 e. The number of nitrogens with zero attached hydrogens (tertiary/aromatic N) is 2. The first-order valence-corrected chi connectivity index (χ1v) is 9.12. The van der Waals surface area contributed by atoms with Crippen molar-refractivity contribution < 1.29 is 9.18 Å². The van der Waals surface area contributed by atoms with Crippen LogP contribution in [0.15, 0.2) is 84.1 Å². The maximum Gasteiger partial charge on any atom is 0.273 e. The van der Waals surface area contributed by atoms with E-state index in [1.54, 1.807) is 42.6 Å². The van der Waals surface area contributed by atoms with E-state index < -0.39 is 0 Å². The zero-order valence-corrected chi connectivity index (χ0v) is 15.5. The molecule has 0 saturated heterocycles. The summed E-state index contributed by atoms with van der Waals surface area (Å²) in [5.41, 5.74) is 12.0. The molecule has 0 atom stereocenters. The van der Waals surface area contributed by atoms with Gasteiger partial charge in [0, 0.05) is 34.9 Å². The van der Waals surface area contributed by atoms with Crippen molar-refractivity contribution in [2.45, 2.75) is 6.54 Å². The van der Waals surface area contributed by atoms with Crippen LogP contribution in [0.25, 0.3) is 10.9 Å². The van der Waals surface area contributed by atoms with Gasteiger partial charge >= 0.3 is 0 Å². The third-order valence-electron chi connectivity index (χ3n) is 4.66. The van der Waals surface area contributed by atoms with Crippen molar-refractivity contribution in [3.05, 3.63) is 102 Å². The second-order valence-corrected chi connectivity index (χ2v) is 6.64. The molecule has 4 aromatic rings. The first-order valence-electron chi connectivity index (χ1n) is 9.12. The Morgan fingerprint density at radius 1 is 1.03 bits per heavy atom. The largest absolute Gasteiger partial charge is 0.398 e. The Bertz CT molecular complexity index is 1200. The zero-order valence-electron chi connectivity index (χ0n) is 15.5. The Morgan fingerprint density at radius 2 is 1.76 bits per heavy atom. The van der Waals surface area contributed by atoms with Crippen LogP contribution in [-0.4, -0.2) is 16.7 Å². The van der Waals surface area contributed by atoms with Gasteiger partial charge in [-0.15, -0.1) is 0 Å². The molecule has 0 saturated carbocycles. The highest BCUT2D eigenvalue weighted by Gasteiger charge is 2.09. The quantitative estimate of drug-likeness (QED) is 0.307. The van der Waals surface area contributed by atoms with Crippen LogP contribution in [0.2, 0.25) is 0 Å². The Kier molecular flexibility index (Phi) is 5.07. The molecule has 0 aliphatic carbocycles. The number of carbonyl (C=O) groups excluding carboxylic acids is 1. The van der Waals surface area contributed by atoms with Crippen molar-refractivity contribution in [2.24, 2.45) is 5.10 Å². The normalized spacial score (nSPS) is 11.2. The first-order chi connectivity index (χ1) is 14.1. The number of nitrogen functional groups attached to an aromatic ring is 1. The molecule has 0 fully saturated rings. The number of amides is 1. The number of anilines is 1. The average molecular weight is 386 g/mol. The molecule has 0 aliphatic heterocycles. The van der Waals surface area contributed by atoms with Crippen LogP contribution in [0.4, 0.5) is 10.1 Å². The number of nitrogens with two attached hydrogens (primary N) is 1. The molecule has 3 N–H and O–H groups in total. The van der Waals surface area contributed by atoms with Gasteiger partial charge in [0.25, 0.3) is 5.91 Å². The van der Waals surface area contributed by atoms with Gasteiger partial charge in [0.15, 0.2) is 0 Å². The van der Waals surface area contributed by atoms with Crippen LogP contribution in [0, 0.1) is 5.82 Å². The Labute approximate surface area is 167 Å². The minimum absolute atomic E-state index is 0.256. The molecule has 5 nitrogen and oxygen atoms in total. The number of rotatable bonds is 5. The summed E-state index contributed by atoms with van der Waals surface area (Å²) in [6.45, 7) is 0.599. The molecule has 1 heterocycles. The highest BCUT2D eigenvalue weighted by molar-refractivity contribution is 6.02. The van der Waals surface area contributed by atoms with Crippen LogP contribution in [-0.2, 0) is 6.54 Å². The van der Waals surface area contributed by atoms with E-state index >= 15 is 0 Å². The van der Waals surface area contributed by atoms with Crippen molar-refractivity contribution >= 4 is 28.7 Å². The molecule has 0 radical (unpaired) electrons. The number of benzene rings is 3. The van der Waals surface area contributed by atoms with Crippen LogP contribution in [0.3, 0.4) is 0 Å². The maximum absolute atomic E-state index is 13.2. The van der Waals surface area contributed by atoms with Crippen LogP contribution < -0.4 is 11.2 Å². The second kappa shape index (κ2) is 7.98. The lowest BCUT2D eigenvalue weighted by atomic mass is 10.2. The van der Waals surface area contributed by atoms with E-state index in [1.807, 2.05) is 30.5 Å². The summed E-state index contributed by atoms with van der Waals surface area (Å²) in [5.74, 6) is -0.622. The van der Waals surface area contributed by atoms with E-state index in [9.17, 15) is 9.18 Å². The van der Waals surface area contributed by atoms with Crippen LogP contribution in [0.5, 0.6) is 0 Å². The molecule has 0 spiro atoms. The lowest BCUT2D eigenvalue weighted by Crippen LogP contribution is -2.18. The maximum atomic E-state index is 13.2. The number of halogens is 1. The van der Waals surface area contributed by atoms with Gasteiger partial charge < -0.3 is 10.3 Å². The van der Waals surface area contributed by atoms with Gasteiger partial charge in [0.1, 0.15) is 5.82 Å². The fraction of sp³-hybridized carbons (Fsp3) is 0.0435. The van der Waals surface area contributed by atoms with Gasteiger partial charge in [-0.2, -0.15) is 5.10 Å². The summed E-state index contributed by atoms with van der Waals surface area (Å²) in [6, 6.07) is 21.2. The molecule has 144 valence electrons. The van der Waals surface area contributed by atoms with Crippen molar-refractivity contribution in [3.8, 4) is 0 Å². The van der Waals surface area contributed by atoms with Crippen LogP contribution in [0.1, 0.15) is 21.5 Å². The third-order valence-corrected chi connectivity index (χ3v) is 4.66. The SMILES string of the molecule is Nc1ccccc1C(=O)N/N=C\c1cn(Cc2ccc(F)cc2)c2ccccc12. The lowest BCUT2D eigenvalue weighted by molar-refractivity contribution is 0.0956. The number of hydrogen-bond donors (Lipinski definition) is 2. The van der Waals surface area contributed by atoms with Crippen molar-refractivity contribution in [3.63, 3.8) is 0 Å². The molecule has 0 aliphatic rings. The van der Waals surface area contributed by atoms with E-state index in [0.717, 1.165) is 22.0 Å². The monoisotopic (exact) mass is 386 g/mol. The van der Waals surface area contributed by atoms with Gasteiger partial charge in [-0.05, 0) is 35.9 Å². The van der Waals surface area contributed by atoms with Crippen molar-refractivity contribution in [1.29, 1.82) is 0 Å². The van der Waals surface area contributed by atoms with Gasteiger partial charge in [0.05, 0.1) is 11.8 Å². The molecule has 4 rings (SSSR count). The molecule has 1 amide bonds. The van der Waals surface area contributed by atoms with E-state index in [4.69, 9.17) is 5.73 Å². The number of carbonyl (C=O) groups is 1. The number of hydrogen-bond acceptors (Lipinski definition) is 3. The number of aromatic nitrogens is 1. The number of hydrazone groups is 1. The highest BCUT2D eigenvalue weighted by Crippen LogP contribution is 2.21. The van der Waals surface area contributed by atoms with Crippen molar-refractivity contribution in [1.82, 2.24) is 9.99 Å². The van der Waals surface area contributed by atoms with Gasteiger partial charge in [-0.1, -0.05) is 42.5 Å². The van der Waals surface area contributed by atoms with Gasteiger partial charge in [-0.3, -0.25) is 4.79 Å². The summed E-state index contributed by atoms with van der Waals surface area (Å²) in [4.78, 5) is 12.3. The summed E-state index contributed by atoms with van der Waals surface area (Å²) < 4.78 is 15.2. The molecular formula is C23H19FN4O. The fourth-order valence-corrected chi connectivity index (χ4v) is 3.22. The molecule has 0 bridgehead atoms. The summed E-state index contributed by atoms with van der Waals surface area (Å²) in [6.07, 6.45) is 3.57. The molecular weight excluding hydrogens is 367 g/mol. The zero-order chi connectivity index (χ0) is 20.2. The smallest absolute Gasteiger partial charge is 0.273 e. The number of fused-ring (bicyclic) bond motifs is 1. The molecule has 3 aromatic carbocycles.